The molecule has 0 aromatic carbocycles. The van der Waals surface area contributed by atoms with E-state index in [1.807, 2.05) is 13.0 Å². The molecule has 1 amide bonds. The van der Waals surface area contributed by atoms with Gasteiger partial charge in [0.15, 0.2) is 5.76 Å². The fourth-order valence-corrected chi connectivity index (χ4v) is 2.46. The van der Waals surface area contributed by atoms with Crippen LogP contribution in [-0.4, -0.2) is 11.6 Å². The molecule has 0 bridgehead atoms. The molecule has 0 aliphatic heterocycles. The molecule has 0 saturated heterocycles. The van der Waals surface area contributed by atoms with Crippen molar-refractivity contribution >= 4 is 23.0 Å². The summed E-state index contributed by atoms with van der Waals surface area (Å²) in [6.07, 6.45) is 1.01. The molecule has 0 fully saturated rings. The number of hydrazone groups is 1. The highest BCUT2D eigenvalue weighted by Gasteiger charge is 2.09. The second-order valence-electron chi connectivity index (χ2n) is 4.17. The average Bonchev–Trinajstić information content (AvgIpc) is 3.04. The molecule has 0 spiro atoms. The lowest BCUT2D eigenvalue weighted by molar-refractivity contribution is 0.0926. The van der Waals surface area contributed by atoms with Gasteiger partial charge in [0.25, 0.3) is 0 Å². The first-order valence-electron chi connectivity index (χ1n) is 6.10. The van der Waals surface area contributed by atoms with Gasteiger partial charge in [0.05, 0.1) is 10.6 Å². The van der Waals surface area contributed by atoms with Gasteiger partial charge in [0, 0.05) is 4.88 Å². The van der Waals surface area contributed by atoms with Crippen molar-refractivity contribution in [3.05, 3.63) is 45.5 Å². The monoisotopic (exact) mass is 276 g/mol. The summed E-state index contributed by atoms with van der Waals surface area (Å²) in [6.45, 7) is 5.78. The Morgan fingerprint density at radius 2 is 2.16 bits per heavy atom. The SMILES string of the molecule is CCc1ccc(/C(C)=N/NC(=O)c2ccc(C)o2)s1. The van der Waals surface area contributed by atoms with Crippen LogP contribution in [0.25, 0.3) is 0 Å². The summed E-state index contributed by atoms with van der Waals surface area (Å²) in [4.78, 5) is 14.1. The Morgan fingerprint density at radius 1 is 1.37 bits per heavy atom. The van der Waals surface area contributed by atoms with Crippen LogP contribution in [0.1, 0.15) is 39.9 Å². The molecule has 100 valence electrons. The molecule has 0 unspecified atom stereocenters. The summed E-state index contributed by atoms with van der Waals surface area (Å²) >= 11 is 1.69. The number of furan rings is 1. The quantitative estimate of drug-likeness (QED) is 0.687. The first-order chi connectivity index (χ1) is 9.10. The lowest BCUT2D eigenvalue weighted by atomic mass is 10.3. The van der Waals surface area contributed by atoms with E-state index in [0.29, 0.717) is 5.76 Å². The van der Waals surface area contributed by atoms with Crippen LogP contribution in [0.2, 0.25) is 0 Å². The molecular weight excluding hydrogens is 260 g/mol. The van der Waals surface area contributed by atoms with Crippen molar-refractivity contribution in [3.8, 4) is 0 Å². The first kappa shape index (κ1) is 13.5. The molecule has 5 heteroatoms. The Kier molecular flexibility index (Phi) is 4.16. The molecule has 2 aromatic heterocycles. The molecule has 0 atom stereocenters. The fourth-order valence-electron chi connectivity index (χ4n) is 1.56. The summed E-state index contributed by atoms with van der Waals surface area (Å²) in [6, 6.07) is 7.48. The lowest BCUT2D eigenvalue weighted by Gasteiger charge is -1.98. The normalized spacial score (nSPS) is 11.6. The van der Waals surface area contributed by atoms with Crippen LogP contribution in [0.4, 0.5) is 0 Å². The van der Waals surface area contributed by atoms with Crippen molar-refractivity contribution in [1.29, 1.82) is 0 Å². The molecule has 2 heterocycles. The third-order valence-corrected chi connectivity index (χ3v) is 3.99. The van der Waals surface area contributed by atoms with Gasteiger partial charge in [-0.1, -0.05) is 6.92 Å². The molecule has 0 radical (unpaired) electrons. The van der Waals surface area contributed by atoms with E-state index in [4.69, 9.17) is 4.42 Å². The number of carbonyl (C=O) groups is 1. The fraction of sp³-hybridized carbons (Fsp3) is 0.286. The Bertz CT molecular complexity index is 610. The predicted molar refractivity (Wildman–Crippen MR) is 76.8 cm³/mol. The first-order valence-corrected chi connectivity index (χ1v) is 6.92. The van der Waals surface area contributed by atoms with E-state index >= 15 is 0 Å². The standard InChI is InChI=1S/C14H16N2O2S/c1-4-11-6-8-13(19-11)10(3)15-16-14(17)12-7-5-9(2)18-12/h5-8H,4H2,1-3H3,(H,16,17)/b15-10+. The van der Waals surface area contributed by atoms with Crippen LogP contribution in [-0.2, 0) is 6.42 Å². The summed E-state index contributed by atoms with van der Waals surface area (Å²) in [5.41, 5.74) is 3.29. The van der Waals surface area contributed by atoms with Crippen molar-refractivity contribution < 1.29 is 9.21 Å². The minimum atomic E-state index is -0.334. The van der Waals surface area contributed by atoms with Crippen LogP contribution < -0.4 is 5.43 Å². The van der Waals surface area contributed by atoms with Crippen LogP contribution in [0.15, 0.2) is 33.8 Å². The summed E-state index contributed by atoms with van der Waals surface area (Å²) in [7, 11) is 0. The highest BCUT2D eigenvalue weighted by Crippen LogP contribution is 2.17. The number of rotatable bonds is 4. The van der Waals surface area contributed by atoms with Crippen molar-refractivity contribution in [2.45, 2.75) is 27.2 Å². The topological polar surface area (TPSA) is 54.6 Å². The average molecular weight is 276 g/mol. The molecule has 19 heavy (non-hydrogen) atoms. The number of amides is 1. The molecule has 0 aliphatic rings. The van der Waals surface area contributed by atoms with Gasteiger partial charge in [0.2, 0.25) is 0 Å². The molecule has 2 rings (SSSR count). The second kappa shape index (κ2) is 5.84. The number of thiophene rings is 1. The lowest BCUT2D eigenvalue weighted by Crippen LogP contribution is -2.18. The van der Waals surface area contributed by atoms with E-state index < -0.39 is 0 Å². The zero-order valence-electron chi connectivity index (χ0n) is 11.2. The van der Waals surface area contributed by atoms with Crippen molar-refractivity contribution in [2.24, 2.45) is 5.10 Å². The highest BCUT2D eigenvalue weighted by atomic mass is 32.1. The van der Waals surface area contributed by atoms with E-state index in [0.717, 1.165) is 17.0 Å². The highest BCUT2D eigenvalue weighted by molar-refractivity contribution is 7.14. The van der Waals surface area contributed by atoms with Gasteiger partial charge < -0.3 is 4.42 Å². The van der Waals surface area contributed by atoms with E-state index in [-0.39, 0.29) is 11.7 Å². The van der Waals surface area contributed by atoms with Crippen molar-refractivity contribution in [1.82, 2.24) is 5.43 Å². The van der Waals surface area contributed by atoms with E-state index in [9.17, 15) is 4.79 Å². The maximum Gasteiger partial charge on any atom is 0.307 e. The van der Waals surface area contributed by atoms with Gasteiger partial charge in [-0.3, -0.25) is 4.79 Å². The van der Waals surface area contributed by atoms with Gasteiger partial charge >= 0.3 is 5.91 Å². The minimum absolute atomic E-state index is 0.273. The van der Waals surface area contributed by atoms with Gasteiger partial charge in [-0.15, -0.1) is 11.3 Å². The third kappa shape index (κ3) is 3.32. The zero-order chi connectivity index (χ0) is 13.8. The van der Waals surface area contributed by atoms with E-state index in [1.165, 1.54) is 4.88 Å². The second-order valence-corrected chi connectivity index (χ2v) is 5.34. The summed E-state index contributed by atoms with van der Waals surface area (Å²) < 4.78 is 5.23. The molecule has 0 saturated carbocycles. The van der Waals surface area contributed by atoms with E-state index in [2.05, 4.69) is 23.5 Å². The third-order valence-electron chi connectivity index (χ3n) is 2.66. The largest absolute Gasteiger partial charge is 0.456 e. The minimum Gasteiger partial charge on any atom is -0.456 e. The number of nitrogens with one attached hydrogen (secondary N) is 1. The van der Waals surface area contributed by atoms with E-state index in [1.54, 1.807) is 30.4 Å². The van der Waals surface area contributed by atoms with Gasteiger partial charge in [-0.2, -0.15) is 5.10 Å². The van der Waals surface area contributed by atoms with Crippen LogP contribution >= 0.6 is 11.3 Å². The molecule has 1 N–H and O–H groups in total. The van der Waals surface area contributed by atoms with Gasteiger partial charge in [0.1, 0.15) is 5.76 Å². The molecular formula is C14H16N2O2S. The maximum atomic E-state index is 11.7. The maximum absolute atomic E-state index is 11.7. The number of aryl methyl sites for hydroxylation is 2. The van der Waals surface area contributed by atoms with Crippen LogP contribution in [0.3, 0.4) is 0 Å². The van der Waals surface area contributed by atoms with Gasteiger partial charge in [-0.25, -0.2) is 5.43 Å². The number of carbonyl (C=O) groups excluding carboxylic acids is 1. The Hall–Kier alpha value is -1.88. The van der Waals surface area contributed by atoms with Crippen molar-refractivity contribution in [2.75, 3.05) is 0 Å². The zero-order valence-corrected chi connectivity index (χ0v) is 12.0. The molecule has 4 nitrogen and oxygen atoms in total. The number of nitrogens with zero attached hydrogens (tertiary/aromatic N) is 1. The van der Waals surface area contributed by atoms with Crippen LogP contribution in [0.5, 0.6) is 0 Å². The summed E-state index contributed by atoms with van der Waals surface area (Å²) in [5, 5.41) is 4.10. The van der Waals surface area contributed by atoms with Crippen LogP contribution in [0, 0.1) is 6.92 Å². The Morgan fingerprint density at radius 3 is 2.74 bits per heavy atom. The predicted octanol–water partition coefficient (Wildman–Crippen LogP) is 3.37. The number of hydrogen-bond acceptors (Lipinski definition) is 4. The smallest absolute Gasteiger partial charge is 0.307 e. The Labute approximate surface area is 116 Å². The van der Waals surface area contributed by atoms with Gasteiger partial charge in [-0.05, 0) is 44.5 Å². The summed E-state index contributed by atoms with van der Waals surface area (Å²) in [5.74, 6) is 0.644. The molecule has 0 aliphatic carbocycles. The number of hydrogen-bond donors (Lipinski definition) is 1. The molecule has 2 aromatic rings. The van der Waals surface area contributed by atoms with Crippen molar-refractivity contribution in [3.63, 3.8) is 0 Å². The Balaban J connectivity index is 2.03.